The Kier molecular flexibility index (Phi) is 3.96. The largest absolute Gasteiger partial charge is 0.269 e. The summed E-state index contributed by atoms with van der Waals surface area (Å²) in [4.78, 5) is 9.54. The molecule has 0 aromatic rings. The molecule has 9 heavy (non-hydrogen) atoms. The first-order valence-electron chi connectivity index (χ1n) is 2.96. The lowest BCUT2D eigenvalue weighted by atomic mass is 10.1. The summed E-state index contributed by atoms with van der Waals surface area (Å²) < 4.78 is 0. The lowest BCUT2D eigenvalue weighted by molar-refractivity contribution is -0.0940. The third-order valence-corrected chi connectivity index (χ3v) is 1.00. The topological polar surface area (TPSA) is 52.9 Å². The summed E-state index contributed by atoms with van der Waals surface area (Å²) in [6.45, 7) is 4.35. The Labute approximate surface area is 54.4 Å². The molecule has 1 N–H and O–H groups in total. The number of hydroxylamine groups is 1. The quantitative estimate of drug-likeness (QED) is 0.464. The molecule has 0 saturated carbocycles. The maximum Gasteiger partial charge on any atom is 0.0787 e. The van der Waals surface area contributed by atoms with Crippen molar-refractivity contribution in [3.8, 4) is 0 Å². The van der Waals surface area contributed by atoms with E-state index in [-0.39, 0.29) is 0 Å². The van der Waals surface area contributed by atoms with Crippen molar-refractivity contribution in [2.75, 3.05) is 6.54 Å². The van der Waals surface area contributed by atoms with Crippen LogP contribution in [0.5, 0.6) is 0 Å². The predicted octanol–water partition coefficient (Wildman–Crippen LogP) is 1.41. The second-order valence-electron chi connectivity index (χ2n) is 2.36. The molecule has 0 aromatic carbocycles. The zero-order chi connectivity index (χ0) is 7.28. The second kappa shape index (κ2) is 4.26. The molecule has 4 heteroatoms. The summed E-state index contributed by atoms with van der Waals surface area (Å²) in [7, 11) is 0. The fourth-order valence-electron chi connectivity index (χ4n) is 0.414. The third-order valence-electron chi connectivity index (χ3n) is 1.00. The zero-order valence-electron chi connectivity index (χ0n) is 5.74. The molecular formula is C5H12N2O2. The summed E-state index contributed by atoms with van der Waals surface area (Å²) in [5.41, 5.74) is 0. The molecule has 0 aliphatic carbocycles. The van der Waals surface area contributed by atoms with Crippen molar-refractivity contribution in [3.05, 3.63) is 4.91 Å². The highest BCUT2D eigenvalue weighted by atomic mass is 16.6. The molecule has 0 bridgehead atoms. The van der Waals surface area contributed by atoms with Crippen LogP contribution < -0.4 is 0 Å². The van der Waals surface area contributed by atoms with E-state index in [1.807, 2.05) is 13.8 Å². The fourth-order valence-corrected chi connectivity index (χ4v) is 0.414. The van der Waals surface area contributed by atoms with Crippen LogP contribution in [0.3, 0.4) is 0 Å². The van der Waals surface area contributed by atoms with Gasteiger partial charge >= 0.3 is 0 Å². The first-order valence-corrected chi connectivity index (χ1v) is 2.96. The second-order valence-corrected chi connectivity index (χ2v) is 2.36. The Morgan fingerprint density at radius 2 is 2.22 bits per heavy atom. The molecule has 54 valence electrons. The summed E-state index contributed by atoms with van der Waals surface area (Å²) in [5, 5.41) is 11.2. The van der Waals surface area contributed by atoms with Crippen molar-refractivity contribution < 1.29 is 5.21 Å². The van der Waals surface area contributed by atoms with Crippen molar-refractivity contribution >= 4 is 0 Å². The molecule has 0 fully saturated rings. The molecule has 0 spiro atoms. The Bertz CT molecular complexity index is 85.0. The van der Waals surface area contributed by atoms with Crippen LogP contribution in [-0.4, -0.2) is 16.9 Å². The van der Waals surface area contributed by atoms with Crippen molar-refractivity contribution in [1.29, 1.82) is 0 Å². The standard InChI is InChI=1S/C5H12N2O2/c1-5(2)3-4-7(9)6-8/h5,9H,3-4H2,1-2H3. The number of hydrogen-bond acceptors (Lipinski definition) is 3. The van der Waals surface area contributed by atoms with Crippen LogP contribution >= 0.6 is 0 Å². The zero-order valence-corrected chi connectivity index (χ0v) is 5.74. The van der Waals surface area contributed by atoms with Gasteiger partial charge in [-0.1, -0.05) is 13.8 Å². The number of nitroso groups, excluding NO2 is 1. The fraction of sp³-hybridized carbons (Fsp3) is 1.00. The van der Waals surface area contributed by atoms with Crippen LogP contribution in [0, 0.1) is 10.8 Å². The molecule has 0 heterocycles. The van der Waals surface area contributed by atoms with E-state index in [0.29, 0.717) is 17.6 Å². The maximum absolute atomic E-state index is 9.54. The Balaban J connectivity index is 3.16. The third kappa shape index (κ3) is 5.23. The first-order chi connectivity index (χ1) is 4.16. The van der Waals surface area contributed by atoms with Gasteiger partial charge in [-0.05, 0) is 12.3 Å². The molecule has 0 saturated heterocycles. The summed E-state index contributed by atoms with van der Waals surface area (Å²) in [6, 6.07) is 0. The van der Waals surface area contributed by atoms with E-state index in [0.717, 1.165) is 6.42 Å². The SMILES string of the molecule is CC(C)CCN(O)N=O. The van der Waals surface area contributed by atoms with Gasteiger partial charge < -0.3 is 0 Å². The van der Waals surface area contributed by atoms with Gasteiger partial charge in [-0.3, -0.25) is 5.21 Å². The average Bonchev–Trinajstić information content (AvgIpc) is 1.83. The van der Waals surface area contributed by atoms with Gasteiger partial charge in [0.25, 0.3) is 0 Å². The summed E-state index contributed by atoms with van der Waals surface area (Å²) in [5.74, 6) is 0.487. The van der Waals surface area contributed by atoms with E-state index in [1.165, 1.54) is 0 Å². The van der Waals surface area contributed by atoms with E-state index in [2.05, 4.69) is 5.29 Å². The Hall–Kier alpha value is -0.640. The van der Waals surface area contributed by atoms with Gasteiger partial charge in [0.15, 0.2) is 0 Å². The van der Waals surface area contributed by atoms with Crippen molar-refractivity contribution in [3.63, 3.8) is 0 Å². The van der Waals surface area contributed by atoms with Crippen molar-refractivity contribution in [2.24, 2.45) is 11.2 Å². The minimum Gasteiger partial charge on any atom is -0.269 e. The molecule has 0 aliphatic rings. The monoisotopic (exact) mass is 132 g/mol. The van der Waals surface area contributed by atoms with Gasteiger partial charge in [-0.15, -0.1) is 10.1 Å². The van der Waals surface area contributed by atoms with Crippen molar-refractivity contribution in [1.82, 2.24) is 5.17 Å². The van der Waals surface area contributed by atoms with Crippen LogP contribution in [0.25, 0.3) is 0 Å². The van der Waals surface area contributed by atoms with Gasteiger partial charge in [-0.25, -0.2) is 0 Å². The van der Waals surface area contributed by atoms with Crippen LogP contribution in [0.1, 0.15) is 20.3 Å². The van der Waals surface area contributed by atoms with Crippen molar-refractivity contribution in [2.45, 2.75) is 20.3 Å². The number of hydrogen-bond donors (Lipinski definition) is 1. The highest BCUT2D eigenvalue weighted by Crippen LogP contribution is 1.99. The van der Waals surface area contributed by atoms with Crippen LogP contribution in [0.4, 0.5) is 0 Å². The smallest absolute Gasteiger partial charge is 0.0787 e. The van der Waals surface area contributed by atoms with Crippen LogP contribution in [-0.2, 0) is 0 Å². The molecular weight excluding hydrogens is 120 g/mol. The normalized spacial score (nSPS) is 9.78. The summed E-state index contributed by atoms with van der Waals surface area (Å²) >= 11 is 0. The average molecular weight is 132 g/mol. The minimum atomic E-state index is 0.321. The van der Waals surface area contributed by atoms with Gasteiger partial charge in [0.1, 0.15) is 0 Å². The lowest BCUT2D eigenvalue weighted by Crippen LogP contribution is -2.13. The summed E-state index contributed by atoms with van der Waals surface area (Å²) in [6.07, 6.45) is 0.780. The highest BCUT2D eigenvalue weighted by Gasteiger charge is 1.98. The molecule has 0 aromatic heterocycles. The number of nitrogens with zero attached hydrogens (tertiary/aromatic N) is 2. The van der Waals surface area contributed by atoms with E-state index in [4.69, 9.17) is 5.21 Å². The first kappa shape index (κ1) is 8.36. The van der Waals surface area contributed by atoms with Crippen LogP contribution in [0.2, 0.25) is 0 Å². The van der Waals surface area contributed by atoms with Crippen LogP contribution in [0.15, 0.2) is 5.29 Å². The molecule has 0 aliphatic heterocycles. The van der Waals surface area contributed by atoms with Gasteiger partial charge in [0.2, 0.25) is 0 Å². The maximum atomic E-state index is 9.54. The minimum absolute atomic E-state index is 0.321. The molecule has 0 atom stereocenters. The lowest BCUT2D eigenvalue weighted by Gasteiger charge is -2.06. The van der Waals surface area contributed by atoms with E-state index < -0.39 is 0 Å². The molecule has 0 radical (unpaired) electrons. The van der Waals surface area contributed by atoms with E-state index >= 15 is 0 Å². The number of rotatable bonds is 4. The Morgan fingerprint density at radius 3 is 2.56 bits per heavy atom. The van der Waals surface area contributed by atoms with Gasteiger partial charge in [0, 0.05) is 0 Å². The van der Waals surface area contributed by atoms with Gasteiger partial charge in [-0.2, -0.15) is 0 Å². The Morgan fingerprint density at radius 1 is 1.67 bits per heavy atom. The highest BCUT2D eigenvalue weighted by molar-refractivity contribution is 4.45. The molecule has 0 unspecified atom stereocenters. The molecule has 4 nitrogen and oxygen atoms in total. The van der Waals surface area contributed by atoms with E-state index in [9.17, 15) is 4.91 Å². The van der Waals surface area contributed by atoms with Gasteiger partial charge in [0.05, 0.1) is 11.8 Å². The predicted molar refractivity (Wildman–Crippen MR) is 33.7 cm³/mol. The van der Waals surface area contributed by atoms with E-state index in [1.54, 1.807) is 0 Å². The molecule has 0 amide bonds. The molecule has 0 rings (SSSR count).